The molecule has 0 radical (unpaired) electrons. The molecule has 0 saturated heterocycles. The van der Waals surface area contributed by atoms with Gasteiger partial charge in [0.2, 0.25) is 0 Å². The van der Waals surface area contributed by atoms with E-state index in [0.717, 1.165) is 0 Å². The van der Waals surface area contributed by atoms with Crippen molar-refractivity contribution in [2.75, 3.05) is 26.4 Å². The van der Waals surface area contributed by atoms with Crippen molar-refractivity contribution in [3.05, 3.63) is 179 Å². The molecule has 0 unspecified atom stereocenters. The molecule has 12 rings (SSSR count). The zero-order valence-electron chi connectivity index (χ0n) is 28.0. The number of fused-ring (bicyclic) bond motifs is 6. The largest absolute Gasteiger partial charge is 0.394 e. The van der Waals surface area contributed by atoms with Crippen LogP contribution in [0.5, 0.6) is 0 Å². The van der Waals surface area contributed by atoms with Crippen molar-refractivity contribution >= 4 is 64.6 Å². The van der Waals surface area contributed by atoms with Gasteiger partial charge in [-0.3, -0.25) is 0 Å². The second-order valence-corrected chi connectivity index (χ2v) is 14.3. The van der Waals surface area contributed by atoms with Crippen LogP contribution in [0.3, 0.4) is 0 Å². The van der Waals surface area contributed by atoms with Crippen molar-refractivity contribution in [2.45, 2.75) is 11.5 Å². The van der Waals surface area contributed by atoms with E-state index < -0.39 is 5.60 Å². The Morgan fingerprint density at radius 1 is 0.392 bits per heavy atom. The lowest BCUT2D eigenvalue weighted by Crippen LogP contribution is -2.45. The fourth-order valence-electron chi connectivity index (χ4n) is 9.25. The van der Waals surface area contributed by atoms with E-state index in [0.29, 0.717) is 13.2 Å². The van der Waals surface area contributed by atoms with Gasteiger partial charge in [0.15, 0.2) is 0 Å². The number of rotatable bonds is 6. The Labute approximate surface area is 295 Å². The van der Waals surface area contributed by atoms with Crippen LogP contribution in [0.4, 0.5) is 0 Å². The average Bonchev–Trinajstić information content (AvgIpc) is 3.16. The van der Waals surface area contributed by atoms with Crippen LogP contribution in [-0.2, 0) is 15.1 Å². The first-order valence-electron chi connectivity index (χ1n) is 17.9. The van der Waals surface area contributed by atoms with Crippen LogP contribution >= 0.6 is 0 Å². The molecule has 0 spiro atoms. The van der Waals surface area contributed by atoms with Crippen molar-refractivity contribution in [3.8, 4) is 0 Å². The van der Waals surface area contributed by atoms with Gasteiger partial charge in [0.05, 0.1) is 26.4 Å². The number of aliphatic hydroxyl groups is 1. The van der Waals surface area contributed by atoms with Gasteiger partial charge in [0.25, 0.3) is 0 Å². The summed E-state index contributed by atoms with van der Waals surface area (Å²) in [5.41, 5.74) is 6.66. The molecule has 0 heterocycles. The van der Waals surface area contributed by atoms with Crippen LogP contribution < -0.4 is 0 Å². The van der Waals surface area contributed by atoms with Gasteiger partial charge in [0, 0.05) is 5.92 Å². The van der Waals surface area contributed by atoms with Crippen LogP contribution in [-0.4, -0.2) is 31.5 Å². The zero-order chi connectivity index (χ0) is 33.7. The molecule has 0 aliphatic heterocycles. The highest BCUT2D eigenvalue weighted by atomic mass is 16.5. The summed E-state index contributed by atoms with van der Waals surface area (Å²) in [6, 6.07) is 54.4. The number of hydrogen-bond donors (Lipinski definition) is 1. The van der Waals surface area contributed by atoms with Gasteiger partial charge in [-0.15, -0.1) is 0 Å². The summed E-state index contributed by atoms with van der Waals surface area (Å²) in [5.74, 6) is 0.0451. The predicted molar refractivity (Wildman–Crippen MR) is 209 cm³/mol. The van der Waals surface area contributed by atoms with E-state index in [-0.39, 0.29) is 19.1 Å². The molecule has 3 aliphatic carbocycles. The third-order valence-corrected chi connectivity index (χ3v) is 11.5. The molecule has 3 nitrogen and oxygen atoms in total. The van der Waals surface area contributed by atoms with E-state index in [4.69, 9.17) is 9.47 Å². The Kier molecular flexibility index (Phi) is 6.27. The molecular weight excluding hydrogens is 625 g/mol. The first-order chi connectivity index (χ1) is 25.2. The number of hydrogen-bond acceptors (Lipinski definition) is 3. The molecule has 9 aromatic carbocycles. The maximum atomic E-state index is 9.47. The number of benzene rings is 9. The molecule has 0 amide bonds. The van der Waals surface area contributed by atoms with E-state index in [1.807, 2.05) is 0 Å². The van der Waals surface area contributed by atoms with Gasteiger partial charge in [0.1, 0.15) is 5.60 Å². The van der Waals surface area contributed by atoms with Crippen LogP contribution in [0, 0.1) is 0 Å². The van der Waals surface area contributed by atoms with Crippen LogP contribution in [0.15, 0.2) is 146 Å². The van der Waals surface area contributed by atoms with Crippen LogP contribution in [0.1, 0.15) is 39.3 Å². The van der Waals surface area contributed by atoms with Crippen LogP contribution in [0.2, 0.25) is 0 Å². The molecule has 244 valence electrons. The topological polar surface area (TPSA) is 38.7 Å². The number of aliphatic hydroxyl groups excluding tert-OH is 1. The van der Waals surface area contributed by atoms with Gasteiger partial charge >= 0.3 is 0 Å². The lowest BCUT2D eigenvalue weighted by molar-refractivity contribution is -0.0326. The smallest absolute Gasteiger partial charge is 0.144 e. The summed E-state index contributed by atoms with van der Waals surface area (Å²) in [6.07, 6.45) is 0. The lowest BCUT2D eigenvalue weighted by Gasteiger charge is -2.50. The molecular formula is C48H34O3. The van der Waals surface area contributed by atoms with Gasteiger partial charge in [-0.1, -0.05) is 72.8 Å². The van der Waals surface area contributed by atoms with E-state index in [2.05, 4.69) is 146 Å². The number of ether oxygens (including phenoxy) is 2. The average molecular weight is 659 g/mol. The molecule has 9 aromatic rings. The highest BCUT2D eigenvalue weighted by molar-refractivity contribution is 6.03. The van der Waals surface area contributed by atoms with Gasteiger partial charge in [-0.25, -0.2) is 0 Å². The maximum Gasteiger partial charge on any atom is 0.144 e. The normalized spacial score (nSPS) is 17.5. The third-order valence-electron chi connectivity index (χ3n) is 11.5. The van der Waals surface area contributed by atoms with E-state index >= 15 is 0 Å². The molecule has 51 heavy (non-hydrogen) atoms. The van der Waals surface area contributed by atoms with E-state index in [9.17, 15) is 5.11 Å². The summed E-state index contributed by atoms with van der Waals surface area (Å²) in [4.78, 5) is 0. The quantitative estimate of drug-likeness (QED) is 0.143. The maximum absolute atomic E-state index is 9.47. The summed E-state index contributed by atoms with van der Waals surface area (Å²) >= 11 is 0. The first-order valence-corrected chi connectivity index (χ1v) is 17.9. The Hall–Kier alpha value is -5.58. The fourth-order valence-corrected chi connectivity index (χ4v) is 9.25. The third kappa shape index (κ3) is 4.23. The minimum atomic E-state index is -0.864. The van der Waals surface area contributed by atoms with Gasteiger partial charge < -0.3 is 14.6 Å². The molecule has 0 aromatic heterocycles. The molecule has 2 bridgehead atoms. The minimum absolute atomic E-state index is 0.0127. The van der Waals surface area contributed by atoms with Crippen LogP contribution in [0.25, 0.3) is 64.6 Å². The molecule has 0 atom stereocenters. The highest BCUT2D eigenvalue weighted by Gasteiger charge is 2.53. The highest BCUT2D eigenvalue weighted by Crippen LogP contribution is 2.61. The van der Waals surface area contributed by atoms with Crippen molar-refractivity contribution < 1.29 is 14.6 Å². The van der Waals surface area contributed by atoms with Gasteiger partial charge in [-0.05, 0) is 171 Å². The predicted octanol–water partition coefficient (Wildman–Crippen LogP) is 10.7. The fraction of sp³-hybridized carbons (Fsp3) is 0.125. The Balaban J connectivity index is 1.25. The SMILES string of the molecule is OCCOCCOC12c3cc4cc5ccccc5cc4cc3C(c3cc4cc5ccccc5cc4cc31)c1cc3cc4ccccc4cc3cc12. The zero-order valence-corrected chi connectivity index (χ0v) is 28.0. The summed E-state index contributed by atoms with van der Waals surface area (Å²) in [7, 11) is 0. The Morgan fingerprint density at radius 2 is 0.725 bits per heavy atom. The summed E-state index contributed by atoms with van der Waals surface area (Å²) < 4.78 is 13.2. The van der Waals surface area contributed by atoms with Crippen molar-refractivity contribution in [1.29, 1.82) is 0 Å². The summed E-state index contributed by atoms with van der Waals surface area (Å²) in [6.45, 7) is 1.04. The minimum Gasteiger partial charge on any atom is -0.394 e. The molecule has 1 N–H and O–H groups in total. The van der Waals surface area contributed by atoms with Gasteiger partial charge in [-0.2, -0.15) is 0 Å². The molecule has 3 aliphatic rings. The van der Waals surface area contributed by atoms with Crippen molar-refractivity contribution in [2.24, 2.45) is 0 Å². The Bertz CT molecular complexity index is 2600. The first kappa shape index (κ1) is 29.2. The van der Waals surface area contributed by atoms with E-state index in [1.165, 1.54) is 98.0 Å². The second kappa shape index (κ2) is 11.0. The Morgan fingerprint density at radius 3 is 1.06 bits per heavy atom. The van der Waals surface area contributed by atoms with E-state index in [1.54, 1.807) is 0 Å². The lowest BCUT2D eigenvalue weighted by atomic mass is 9.57. The van der Waals surface area contributed by atoms with Crippen molar-refractivity contribution in [3.63, 3.8) is 0 Å². The summed E-state index contributed by atoms with van der Waals surface area (Å²) in [5, 5.41) is 24.2. The monoisotopic (exact) mass is 658 g/mol. The molecule has 0 saturated carbocycles. The molecule has 0 fully saturated rings. The second-order valence-electron chi connectivity index (χ2n) is 14.3. The van der Waals surface area contributed by atoms with Crippen molar-refractivity contribution in [1.82, 2.24) is 0 Å². The molecule has 3 heteroatoms. The standard InChI is InChI=1S/C48H34O3/c49-13-14-50-15-16-51-48-44-26-38-20-32-10-4-1-7-29(32)17-35(38)23-41(44)47(42-24-36-18-30-8-2-5-11-33(30)21-39(36)27-45(42)48)43-25-37-19-31-9-3-6-12-34(31)22-40(37)28-46(43)48/h1-12,17-28,47,49H,13-16H2.